The van der Waals surface area contributed by atoms with E-state index in [-0.39, 0.29) is 24.2 Å². The second-order valence-electron chi connectivity index (χ2n) is 7.54. The fourth-order valence-electron chi connectivity index (χ4n) is 3.29. The SMILES string of the molecule is Cc1ncc(-c2nnc(CC(=O)c3ccc(OC(F)(F)F)c(NC(=O)CN4CCOCC4)c3)s2)s1. The quantitative estimate of drug-likeness (QED) is 0.444. The van der Waals surface area contributed by atoms with E-state index in [1.165, 1.54) is 34.8 Å². The topological polar surface area (TPSA) is 107 Å². The highest BCUT2D eigenvalue weighted by Gasteiger charge is 2.32. The fraction of sp³-hybridized carbons (Fsp3) is 0.381. The van der Waals surface area contributed by atoms with E-state index in [9.17, 15) is 22.8 Å². The van der Waals surface area contributed by atoms with E-state index in [4.69, 9.17) is 4.74 Å². The first-order valence-corrected chi connectivity index (χ1v) is 12.1. The maximum Gasteiger partial charge on any atom is 0.573 e. The number of amides is 1. The van der Waals surface area contributed by atoms with Crippen LogP contribution in [0.2, 0.25) is 0 Å². The lowest BCUT2D eigenvalue weighted by Crippen LogP contribution is -2.41. The number of ketones is 1. The molecule has 14 heteroatoms. The summed E-state index contributed by atoms with van der Waals surface area (Å²) in [6, 6.07) is 3.40. The van der Waals surface area contributed by atoms with Crippen molar-refractivity contribution in [3.63, 3.8) is 0 Å². The number of benzene rings is 1. The zero-order valence-corrected chi connectivity index (χ0v) is 20.1. The molecule has 1 fully saturated rings. The lowest BCUT2D eigenvalue weighted by atomic mass is 10.1. The van der Waals surface area contributed by atoms with Gasteiger partial charge in [-0.05, 0) is 25.1 Å². The molecule has 0 saturated carbocycles. The summed E-state index contributed by atoms with van der Waals surface area (Å²) in [5.41, 5.74) is -0.142. The summed E-state index contributed by atoms with van der Waals surface area (Å²) < 4.78 is 47.9. The number of hydrogen-bond acceptors (Lipinski definition) is 10. The first-order chi connectivity index (χ1) is 16.7. The molecule has 0 aliphatic carbocycles. The van der Waals surface area contributed by atoms with Crippen LogP contribution >= 0.6 is 22.7 Å². The Balaban J connectivity index is 1.49. The van der Waals surface area contributed by atoms with Crippen LogP contribution in [0.25, 0.3) is 9.88 Å². The summed E-state index contributed by atoms with van der Waals surface area (Å²) in [4.78, 5) is 32.1. The highest BCUT2D eigenvalue weighted by atomic mass is 32.1. The molecule has 1 amide bonds. The highest BCUT2D eigenvalue weighted by molar-refractivity contribution is 7.21. The summed E-state index contributed by atoms with van der Waals surface area (Å²) in [5.74, 6) is -1.53. The first-order valence-electron chi connectivity index (χ1n) is 10.4. The van der Waals surface area contributed by atoms with Gasteiger partial charge in [0.2, 0.25) is 5.91 Å². The number of alkyl halides is 3. The van der Waals surface area contributed by atoms with E-state index in [0.717, 1.165) is 16.0 Å². The number of halogens is 3. The number of ether oxygens (including phenoxy) is 2. The smallest absolute Gasteiger partial charge is 0.404 e. The Labute approximate surface area is 205 Å². The van der Waals surface area contributed by atoms with Crippen LogP contribution in [0, 0.1) is 6.92 Å². The van der Waals surface area contributed by atoms with E-state index in [1.807, 2.05) is 11.8 Å². The van der Waals surface area contributed by atoms with Gasteiger partial charge in [0.1, 0.15) is 5.01 Å². The van der Waals surface area contributed by atoms with Gasteiger partial charge >= 0.3 is 6.36 Å². The Hall–Kier alpha value is -2.94. The molecule has 1 saturated heterocycles. The minimum Gasteiger partial charge on any atom is -0.404 e. The van der Waals surface area contributed by atoms with E-state index in [2.05, 4.69) is 25.2 Å². The highest BCUT2D eigenvalue weighted by Crippen LogP contribution is 2.32. The molecule has 1 aliphatic heterocycles. The molecule has 1 aromatic carbocycles. The molecule has 186 valence electrons. The van der Waals surface area contributed by atoms with Crippen molar-refractivity contribution >= 4 is 40.1 Å². The Bertz CT molecular complexity index is 1210. The zero-order valence-electron chi connectivity index (χ0n) is 18.4. The maximum atomic E-state index is 12.9. The lowest BCUT2D eigenvalue weighted by molar-refractivity contribution is -0.274. The number of anilines is 1. The van der Waals surface area contributed by atoms with E-state index < -0.39 is 23.8 Å². The zero-order chi connectivity index (χ0) is 25.0. The van der Waals surface area contributed by atoms with Gasteiger partial charge in [0, 0.05) is 24.8 Å². The number of thiazole rings is 1. The number of nitrogens with one attached hydrogen (secondary N) is 1. The van der Waals surface area contributed by atoms with Crippen molar-refractivity contribution < 1.29 is 32.2 Å². The van der Waals surface area contributed by atoms with Crippen molar-refractivity contribution in [1.29, 1.82) is 0 Å². The van der Waals surface area contributed by atoms with Gasteiger partial charge in [0.25, 0.3) is 0 Å². The standard InChI is InChI=1S/C21H20F3N5O4S2/c1-12-25-10-17(34-12)20-28-27-19(35-20)9-15(30)13-2-3-16(33-21(22,23)24)14(8-13)26-18(31)11-29-4-6-32-7-5-29/h2-3,8,10H,4-7,9,11H2,1H3,(H,26,31). The van der Waals surface area contributed by atoms with Gasteiger partial charge in [-0.15, -0.1) is 34.7 Å². The molecule has 0 bridgehead atoms. The average molecular weight is 528 g/mol. The van der Waals surface area contributed by atoms with Gasteiger partial charge in [-0.2, -0.15) is 0 Å². The van der Waals surface area contributed by atoms with Crippen LogP contribution in [0.15, 0.2) is 24.4 Å². The van der Waals surface area contributed by atoms with Crippen LogP contribution in [0.4, 0.5) is 18.9 Å². The molecule has 1 aliphatic rings. The van der Waals surface area contributed by atoms with Crippen LogP contribution in [0.1, 0.15) is 20.4 Å². The predicted octanol–water partition coefficient (Wildman–Crippen LogP) is 3.56. The predicted molar refractivity (Wildman–Crippen MR) is 123 cm³/mol. The average Bonchev–Trinajstić information content (AvgIpc) is 3.43. The summed E-state index contributed by atoms with van der Waals surface area (Å²) in [5, 5.41) is 12.5. The third-order valence-electron chi connectivity index (χ3n) is 4.88. The number of hydrogen-bond donors (Lipinski definition) is 1. The molecule has 3 heterocycles. The second kappa shape index (κ2) is 10.8. The molecule has 2 aromatic heterocycles. The van der Waals surface area contributed by atoms with Gasteiger partial charge in [0.05, 0.1) is 41.8 Å². The minimum atomic E-state index is -4.97. The van der Waals surface area contributed by atoms with E-state index in [0.29, 0.717) is 36.3 Å². The summed E-state index contributed by atoms with van der Waals surface area (Å²) in [6.45, 7) is 3.83. The van der Waals surface area contributed by atoms with Gasteiger partial charge in [-0.3, -0.25) is 14.5 Å². The van der Waals surface area contributed by atoms with Crippen molar-refractivity contribution in [2.75, 3.05) is 38.2 Å². The fourth-order valence-corrected chi connectivity index (χ4v) is 4.94. The molecule has 3 aromatic rings. The van der Waals surface area contributed by atoms with Gasteiger partial charge in [-0.1, -0.05) is 11.3 Å². The summed E-state index contributed by atoms with van der Waals surface area (Å²) in [7, 11) is 0. The lowest BCUT2D eigenvalue weighted by Gasteiger charge is -2.26. The summed E-state index contributed by atoms with van der Waals surface area (Å²) >= 11 is 2.69. The van der Waals surface area contributed by atoms with Gasteiger partial charge < -0.3 is 14.8 Å². The first kappa shape index (κ1) is 25.2. The Kier molecular flexibility index (Phi) is 7.74. The van der Waals surface area contributed by atoms with Crippen LogP contribution < -0.4 is 10.1 Å². The normalized spacial score (nSPS) is 14.6. The minimum absolute atomic E-state index is 0.0302. The van der Waals surface area contributed by atoms with Crippen LogP contribution in [0.5, 0.6) is 5.75 Å². The van der Waals surface area contributed by atoms with E-state index >= 15 is 0 Å². The second-order valence-corrected chi connectivity index (χ2v) is 9.84. The van der Waals surface area contributed by atoms with Crippen molar-refractivity contribution in [3.05, 3.63) is 40.0 Å². The van der Waals surface area contributed by atoms with Crippen molar-refractivity contribution in [3.8, 4) is 15.6 Å². The van der Waals surface area contributed by atoms with Crippen molar-refractivity contribution in [1.82, 2.24) is 20.1 Å². The Morgan fingerprint density at radius 3 is 2.66 bits per heavy atom. The number of rotatable bonds is 8. The molecule has 0 radical (unpaired) electrons. The number of Topliss-reactive ketones (excluding diaryl/α,β-unsaturated/α-hetero) is 1. The van der Waals surface area contributed by atoms with Gasteiger partial charge in [-0.25, -0.2) is 4.98 Å². The molecule has 0 atom stereocenters. The number of morpholine rings is 1. The molecule has 4 rings (SSSR count). The van der Waals surface area contributed by atoms with Crippen molar-refractivity contribution in [2.45, 2.75) is 19.7 Å². The third kappa shape index (κ3) is 7.04. The molecular formula is C21H20F3N5O4S2. The summed E-state index contributed by atoms with van der Waals surface area (Å²) in [6.07, 6.45) is -3.39. The number of nitrogens with zero attached hydrogens (tertiary/aromatic N) is 4. The molecular weight excluding hydrogens is 507 g/mol. The van der Waals surface area contributed by atoms with Crippen LogP contribution in [-0.4, -0.2) is 71.0 Å². The largest absolute Gasteiger partial charge is 0.573 e. The Morgan fingerprint density at radius 1 is 1.20 bits per heavy atom. The monoisotopic (exact) mass is 527 g/mol. The number of aromatic nitrogens is 3. The Morgan fingerprint density at radius 2 is 1.97 bits per heavy atom. The van der Waals surface area contributed by atoms with Crippen LogP contribution in [0.3, 0.4) is 0 Å². The van der Waals surface area contributed by atoms with Crippen LogP contribution in [-0.2, 0) is 16.0 Å². The van der Waals surface area contributed by atoms with Gasteiger partial charge in [0.15, 0.2) is 16.5 Å². The number of carbonyl (C=O) groups excluding carboxylic acids is 2. The third-order valence-corrected chi connectivity index (χ3v) is 6.89. The number of aryl methyl sites for hydroxylation is 1. The van der Waals surface area contributed by atoms with Crippen molar-refractivity contribution in [2.24, 2.45) is 0 Å². The molecule has 1 N–H and O–H groups in total. The maximum absolute atomic E-state index is 12.9. The molecule has 9 nitrogen and oxygen atoms in total. The molecule has 0 spiro atoms. The molecule has 35 heavy (non-hydrogen) atoms. The molecule has 0 unspecified atom stereocenters. The van der Waals surface area contributed by atoms with E-state index in [1.54, 1.807) is 6.20 Å². The number of carbonyl (C=O) groups is 2.